The first-order valence-electron chi connectivity index (χ1n) is 13.8. The molecule has 3 aliphatic heterocycles. The second kappa shape index (κ2) is 11.1. The maximum absolute atomic E-state index is 13.8. The van der Waals surface area contributed by atoms with Crippen LogP contribution in [0.1, 0.15) is 53.4 Å². The van der Waals surface area contributed by atoms with E-state index in [1.807, 2.05) is 35.8 Å². The number of hydrogen-bond donors (Lipinski definition) is 3. The second-order valence-corrected chi connectivity index (χ2v) is 13.2. The first-order chi connectivity index (χ1) is 20.3. The third kappa shape index (κ3) is 4.73. The zero-order valence-electron chi connectivity index (χ0n) is 23.3. The number of ether oxygens (including phenoxy) is 1. The van der Waals surface area contributed by atoms with Crippen molar-refractivity contribution in [2.24, 2.45) is 0 Å². The standard InChI is InChI=1S/C28H31FN10OS2/c1-3-39(15(2)18-5-4-6-34-23(18)32)26-20(9-31)25(36-27(37-26)40-11-17-7-16(29)10-35-17)38-13-28(14-38)22-19(8-30)24(33)42-21(22)12-41-28/h4-6,15-17,35H,3,7,10-14,33H2,1-2H3,(H2,32,34)/t15-,16-,17+/m1/s1. The van der Waals surface area contributed by atoms with E-state index in [0.717, 1.165) is 21.8 Å². The van der Waals surface area contributed by atoms with Gasteiger partial charge in [-0.1, -0.05) is 6.07 Å². The molecule has 0 amide bonds. The fraction of sp³-hybridized carbons (Fsp3) is 0.464. The number of alkyl halides is 1. The van der Waals surface area contributed by atoms with E-state index in [9.17, 15) is 14.9 Å². The largest absolute Gasteiger partial charge is 0.462 e. The monoisotopic (exact) mass is 606 g/mol. The first kappa shape index (κ1) is 28.3. The van der Waals surface area contributed by atoms with Gasteiger partial charge in [0, 0.05) is 60.2 Å². The summed E-state index contributed by atoms with van der Waals surface area (Å²) in [5.74, 6) is 2.09. The van der Waals surface area contributed by atoms with Crippen molar-refractivity contribution in [3.63, 3.8) is 0 Å². The molecule has 5 N–H and O–H groups in total. The highest BCUT2D eigenvalue weighted by Gasteiger charge is 2.53. The van der Waals surface area contributed by atoms with Gasteiger partial charge in [-0.15, -0.1) is 23.1 Å². The Bertz CT molecular complexity index is 1590. The smallest absolute Gasteiger partial charge is 0.320 e. The highest BCUT2D eigenvalue weighted by atomic mass is 32.2. The molecule has 3 aromatic rings. The second-order valence-electron chi connectivity index (χ2n) is 10.7. The minimum Gasteiger partial charge on any atom is -0.462 e. The van der Waals surface area contributed by atoms with Gasteiger partial charge in [-0.2, -0.15) is 20.5 Å². The Kier molecular flexibility index (Phi) is 7.47. The lowest BCUT2D eigenvalue weighted by molar-refractivity contribution is 0.250. The van der Waals surface area contributed by atoms with Gasteiger partial charge in [0.25, 0.3) is 0 Å². The number of fused-ring (bicyclic) bond motifs is 2. The van der Waals surface area contributed by atoms with E-state index < -0.39 is 6.17 Å². The molecule has 3 atom stereocenters. The topological polar surface area (TPSA) is 166 Å². The molecule has 0 saturated carbocycles. The molecule has 11 nitrogen and oxygen atoms in total. The number of hydrogen-bond acceptors (Lipinski definition) is 13. The molecule has 0 radical (unpaired) electrons. The number of nitrogens with two attached hydrogens (primary N) is 2. The van der Waals surface area contributed by atoms with E-state index in [4.69, 9.17) is 26.2 Å². The van der Waals surface area contributed by atoms with Crippen LogP contribution in [0.5, 0.6) is 6.01 Å². The number of halogens is 1. The number of rotatable bonds is 8. The van der Waals surface area contributed by atoms with Gasteiger partial charge in [0.1, 0.15) is 41.3 Å². The van der Waals surface area contributed by atoms with Crippen molar-refractivity contribution in [3.05, 3.63) is 45.5 Å². The number of nitrogens with zero attached hydrogens (tertiary/aromatic N) is 7. The van der Waals surface area contributed by atoms with E-state index in [0.29, 0.717) is 66.2 Å². The molecule has 3 aromatic heterocycles. The van der Waals surface area contributed by atoms with Crippen LogP contribution in [0.25, 0.3) is 0 Å². The predicted molar refractivity (Wildman–Crippen MR) is 162 cm³/mol. The Hall–Kier alpha value is -3.85. The van der Waals surface area contributed by atoms with Crippen molar-refractivity contribution in [2.75, 3.05) is 54.1 Å². The van der Waals surface area contributed by atoms with Gasteiger partial charge >= 0.3 is 6.01 Å². The van der Waals surface area contributed by atoms with Crippen LogP contribution < -0.4 is 31.3 Å². The van der Waals surface area contributed by atoms with Crippen molar-refractivity contribution in [1.29, 1.82) is 10.5 Å². The van der Waals surface area contributed by atoms with Crippen molar-refractivity contribution in [3.8, 4) is 18.1 Å². The normalized spacial score (nSPS) is 20.9. The van der Waals surface area contributed by atoms with Crippen molar-refractivity contribution >= 4 is 45.6 Å². The fourth-order valence-electron chi connectivity index (χ4n) is 6.09. The summed E-state index contributed by atoms with van der Waals surface area (Å²) in [6, 6.07) is 8.10. The summed E-state index contributed by atoms with van der Waals surface area (Å²) >= 11 is 3.28. The summed E-state index contributed by atoms with van der Waals surface area (Å²) in [5.41, 5.74) is 15.1. The summed E-state index contributed by atoms with van der Waals surface area (Å²) in [7, 11) is 0. The molecule has 14 heteroatoms. The van der Waals surface area contributed by atoms with E-state index >= 15 is 0 Å². The highest BCUT2D eigenvalue weighted by molar-refractivity contribution is 8.00. The molecular weight excluding hydrogens is 576 g/mol. The SMILES string of the molecule is CCN(c1nc(OC[C@@H]2C[C@@H](F)CN2)nc(N2CC3(C2)SCc2sc(N)c(C#N)c23)c1C#N)[C@H](C)c1cccnc1N. The average molecular weight is 607 g/mol. The number of nitriles is 2. The molecule has 6 rings (SSSR count). The van der Waals surface area contributed by atoms with Gasteiger partial charge in [0.15, 0.2) is 11.6 Å². The Morgan fingerprint density at radius 3 is 2.74 bits per heavy atom. The Morgan fingerprint density at radius 2 is 2.07 bits per heavy atom. The number of anilines is 4. The van der Waals surface area contributed by atoms with Crippen LogP contribution in [0.4, 0.5) is 26.8 Å². The molecule has 2 fully saturated rings. The Labute approximate surface area is 251 Å². The van der Waals surface area contributed by atoms with Crippen LogP contribution in [0.2, 0.25) is 0 Å². The van der Waals surface area contributed by atoms with Crippen molar-refractivity contribution in [2.45, 2.75) is 49.0 Å². The van der Waals surface area contributed by atoms with Gasteiger partial charge in [-0.25, -0.2) is 9.37 Å². The molecule has 0 bridgehead atoms. The van der Waals surface area contributed by atoms with Crippen LogP contribution >= 0.6 is 23.1 Å². The lowest BCUT2D eigenvalue weighted by atomic mass is 9.88. The van der Waals surface area contributed by atoms with E-state index in [2.05, 4.69) is 22.4 Å². The Morgan fingerprint density at radius 1 is 1.29 bits per heavy atom. The van der Waals surface area contributed by atoms with Crippen molar-refractivity contribution in [1.82, 2.24) is 20.3 Å². The zero-order chi connectivity index (χ0) is 29.6. The van der Waals surface area contributed by atoms with Gasteiger partial charge in [0.2, 0.25) is 0 Å². The molecule has 0 aromatic carbocycles. The third-order valence-electron chi connectivity index (χ3n) is 8.19. The summed E-state index contributed by atoms with van der Waals surface area (Å²) < 4.78 is 19.5. The molecule has 0 unspecified atom stereocenters. The summed E-state index contributed by atoms with van der Waals surface area (Å²) in [6.45, 7) is 6.11. The van der Waals surface area contributed by atoms with Crippen LogP contribution in [0.3, 0.4) is 0 Å². The number of aromatic nitrogens is 3. The summed E-state index contributed by atoms with van der Waals surface area (Å²) in [4.78, 5) is 18.8. The maximum atomic E-state index is 13.8. The van der Waals surface area contributed by atoms with E-state index in [1.54, 1.807) is 18.0 Å². The van der Waals surface area contributed by atoms with Crippen molar-refractivity contribution < 1.29 is 9.13 Å². The van der Waals surface area contributed by atoms with Gasteiger partial charge in [0.05, 0.1) is 16.4 Å². The molecule has 3 aliphatic rings. The van der Waals surface area contributed by atoms with Gasteiger partial charge in [-0.3, -0.25) is 0 Å². The molecule has 1 spiro atoms. The molecule has 218 valence electrons. The van der Waals surface area contributed by atoms with Crippen LogP contribution in [-0.4, -0.2) is 60.0 Å². The first-order valence-corrected chi connectivity index (χ1v) is 15.6. The molecule has 0 aliphatic carbocycles. The minimum absolute atomic E-state index is 0.117. The van der Waals surface area contributed by atoms with Gasteiger partial charge in [-0.05, 0) is 26.3 Å². The maximum Gasteiger partial charge on any atom is 0.320 e. The highest BCUT2D eigenvalue weighted by Crippen LogP contribution is 2.58. The number of pyridine rings is 1. The number of nitrogen functional groups attached to an aromatic ring is 2. The van der Waals surface area contributed by atoms with Crippen LogP contribution in [0, 0.1) is 22.7 Å². The third-order valence-corrected chi connectivity index (χ3v) is 10.8. The van der Waals surface area contributed by atoms with E-state index in [-0.39, 0.29) is 29.4 Å². The van der Waals surface area contributed by atoms with Gasteiger partial charge < -0.3 is 31.3 Å². The van der Waals surface area contributed by atoms with Crippen LogP contribution in [0.15, 0.2) is 18.3 Å². The van der Waals surface area contributed by atoms with Crippen LogP contribution in [-0.2, 0) is 10.5 Å². The molecule has 2 saturated heterocycles. The number of nitrogens with one attached hydrogen (secondary N) is 1. The van der Waals surface area contributed by atoms with E-state index in [1.165, 1.54) is 11.3 Å². The average Bonchev–Trinajstić information content (AvgIpc) is 3.64. The summed E-state index contributed by atoms with van der Waals surface area (Å²) in [5, 5.41) is 23.9. The predicted octanol–water partition coefficient (Wildman–Crippen LogP) is 3.47. The molecule has 42 heavy (non-hydrogen) atoms. The molecular formula is C28H31FN10OS2. The minimum atomic E-state index is -0.913. The lowest BCUT2D eigenvalue weighted by Crippen LogP contribution is -2.57. The number of thiophene rings is 1. The quantitative estimate of drug-likeness (QED) is 0.342. The summed E-state index contributed by atoms with van der Waals surface area (Å²) in [6.07, 6.45) is 1.08. The molecule has 6 heterocycles. The number of thioether (sulfide) groups is 1. The lowest BCUT2D eigenvalue weighted by Gasteiger charge is -2.49. The Balaban J connectivity index is 1.37. The fourth-order valence-corrected chi connectivity index (χ4v) is 8.89. The zero-order valence-corrected chi connectivity index (χ0v) is 24.9.